The van der Waals surface area contributed by atoms with Gasteiger partial charge in [0.2, 0.25) is 0 Å². The van der Waals surface area contributed by atoms with Crippen LogP contribution in [0.4, 0.5) is 0 Å². The lowest BCUT2D eigenvalue weighted by atomic mass is 9.91. The first-order valence-electron chi connectivity index (χ1n) is 5.32. The Kier molecular flexibility index (Phi) is 2.57. The Labute approximate surface area is 97.9 Å². The highest BCUT2D eigenvalue weighted by Crippen LogP contribution is 2.14. The van der Waals surface area contributed by atoms with Crippen LogP contribution >= 0.6 is 0 Å². The molecule has 0 saturated heterocycles. The fraction of sp³-hybridized carbons (Fsp3) is 0.455. The van der Waals surface area contributed by atoms with Crippen molar-refractivity contribution in [1.82, 2.24) is 19.2 Å². The average Bonchev–Trinajstić information content (AvgIpc) is 2.55. The molecule has 0 radical (unpaired) electrons. The Morgan fingerprint density at radius 3 is 2.71 bits per heavy atom. The number of nitrogens with zero attached hydrogens (tertiary/aromatic N) is 4. The minimum absolute atomic E-state index is 0.00991. The predicted molar refractivity (Wildman–Crippen MR) is 61.7 cm³/mol. The smallest absolute Gasteiger partial charge is 0.297 e. The van der Waals surface area contributed by atoms with E-state index in [0.717, 1.165) is 0 Å². The zero-order valence-corrected chi connectivity index (χ0v) is 10.0. The van der Waals surface area contributed by atoms with Crippen LogP contribution in [0.25, 0.3) is 5.65 Å². The van der Waals surface area contributed by atoms with Crippen LogP contribution in [0.3, 0.4) is 0 Å². The summed E-state index contributed by atoms with van der Waals surface area (Å²) in [5, 5.41) is 4.05. The van der Waals surface area contributed by atoms with E-state index in [1.54, 1.807) is 0 Å². The molecule has 6 heteroatoms. The van der Waals surface area contributed by atoms with Crippen molar-refractivity contribution in [2.75, 3.05) is 0 Å². The first kappa shape index (κ1) is 11.5. The second kappa shape index (κ2) is 3.80. The van der Waals surface area contributed by atoms with Crippen molar-refractivity contribution in [1.29, 1.82) is 0 Å². The monoisotopic (exact) mass is 234 g/mol. The summed E-state index contributed by atoms with van der Waals surface area (Å²) in [5.74, 6) is -0.0315. The second-order valence-electron chi connectivity index (χ2n) is 4.92. The summed E-state index contributed by atoms with van der Waals surface area (Å²) in [6.07, 6.45) is 4.52. The highest BCUT2D eigenvalue weighted by atomic mass is 16.2. The molecule has 0 fully saturated rings. The van der Waals surface area contributed by atoms with E-state index in [0.29, 0.717) is 5.65 Å². The molecule has 0 aliphatic rings. The first-order chi connectivity index (χ1) is 7.89. The maximum Gasteiger partial charge on any atom is 0.350 e. The van der Waals surface area contributed by atoms with Crippen LogP contribution in [0.5, 0.6) is 0 Å². The van der Waals surface area contributed by atoms with Gasteiger partial charge in [-0.25, -0.2) is 13.9 Å². The molecule has 2 rings (SSSR count). The molecule has 0 amide bonds. The first-order valence-corrected chi connectivity index (χ1v) is 5.32. The number of fused-ring (bicyclic) bond motifs is 1. The molecule has 6 nitrogen and oxygen atoms in total. The molecule has 2 aromatic heterocycles. The Balaban J connectivity index is 2.41. The van der Waals surface area contributed by atoms with E-state index in [1.807, 2.05) is 20.8 Å². The molecule has 0 bridgehead atoms. The molecule has 0 N–H and O–H groups in total. The van der Waals surface area contributed by atoms with E-state index in [-0.39, 0.29) is 18.0 Å². The van der Waals surface area contributed by atoms with Crippen molar-refractivity contribution in [3.63, 3.8) is 0 Å². The summed E-state index contributed by atoms with van der Waals surface area (Å²) in [6.45, 7) is 5.44. The summed E-state index contributed by atoms with van der Waals surface area (Å²) in [5.41, 5.74) is -0.354. The summed E-state index contributed by atoms with van der Waals surface area (Å²) in [7, 11) is 0. The maximum absolute atomic E-state index is 11.9. The summed E-state index contributed by atoms with van der Waals surface area (Å²) in [4.78, 5) is 27.6. The van der Waals surface area contributed by atoms with Crippen molar-refractivity contribution in [3.05, 3.63) is 29.1 Å². The van der Waals surface area contributed by atoms with E-state index in [2.05, 4.69) is 10.1 Å². The van der Waals surface area contributed by atoms with Crippen molar-refractivity contribution >= 4 is 11.4 Å². The van der Waals surface area contributed by atoms with Crippen molar-refractivity contribution in [2.45, 2.75) is 27.3 Å². The molecule has 0 atom stereocenters. The molecule has 0 saturated carbocycles. The quantitative estimate of drug-likeness (QED) is 0.759. The van der Waals surface area contributed by atoms with Crippen LogP contribution < -0.4 is 5.69 Å². The summed E-state index contributed by atoms with van der Waals surface area (Å²) < 4.78 is 2.54. The molecule has 0 spiro atoms. The molecule has 2 aromatic rings. The third-order valence-electron chi connectivity index (χ3n) is 2.52. The van der Waals surface area contributed by atoms with Crippen LogP contribution in [0.2, 0.25) is 0 Å². The van der Waals surface area contributed by atoms with Gasteiger partial charge in [-0.15, -0.1) is 5.10 Å². The number of Topliss-reactive ketones (excluding diaryl/α,β-unsaturated/α-hetero) is 1. The van der Waals surface area contributed by atoms with Gasteiger partial charge >= 0.3 is 5.69 Å². The Bertz CT molecular complexity index is 618. The van der Waals surface area contributed by atoms with E-state index in [1.165, 1.54) is 27.7 Å². The maximum atomic E-state index is 11.9. The molecule has 90 valence electrons. The Morgan fingerprint density at radius 1 is 1.41 bits per heavy atom. The van der Waals surface area contributed by atoms with Crippen LogP contribution in [0, 0.1) is 5.41 Å². The fourth-order valence-corrected chi connectivity index (χ4v) is 1.36. The van der Waals surface area contributed by atoms with Crippen molar-refractivity contribution in [2.24, 2.45) is 5.41 Å². The zero-order chi connectivity index (χ0) is 12.6. The van der Waals surface area contributed by atoms with Crippen LogP contribution in [0.1, 0.15) is 20.8 Å². The zero-order valence-electron chi connectivity index (χ0n) is 10.0. The summed E-state index contributed by atoms with van der Waals surface area (Å²) >= 11 is 0. The van der Waals surface area contributed by atoms with Gasteiger partial charge in [0, 0.05) is 17.8 Å². The lowest BCUT2D eigenvalue weighted by Gasteiger charge is -2.15. The molecule has 0 unspecified atom stereocenters. The van der Waals surface area contributed by atoms with Gasteiger partial charge in [0.25, 0.3) is 0 Å². The third-order valence-corrected chi connectivity index (χ3v) is 2.52. The topological polar surface area (TPSA) is 69.3 Å². The number of carbonyl (C=O) groups is 1. The second-order valence-corrected chi connectivity index (χ2v) is 4.92. The van der Waals surface area contributed by atoms with Crippen LogP contribution in [-0.2, 0) is 11.3 Å². The van der Waals surface area contributed by atoms with Gasteiger partial charge in [-0.2, -0.15) is 0 Å². The van der Waals surface area contributed by atoms with Crippen molar-refractivity contribution in [3.8, 4) is 0 Å². The predicted octanol–water partition coefficient (Wildman–Crippen LogP) is 0.506. The molecular formula is C11H14N4O2. The lowest BCUT2D eigenvalue weighted by molar-refractivity contribution is -0.127. The molecular weight excluding hydrogens is 220 g/mol. The molecule has 0 aliphatic heterocycles. The van der Waals surface area contributed by atoms with Crippen LogP contribution in [-0.4, -0.2) is 24.9 Å². The number of hydrogen-bond acceptors (Lipinski definition) is 4. The van der Waals surface area contributed by atoms with Crippen LogP contribution in [0.15, 0.2) is 23.4 Å². The molecule has 0 aliphatic carbocycles. The standard InChI is InChI=1S/C11H14N4O2/c1-11(2,3)8(16)7-15-10(17)14-5-4-12-6-9(14)13-15/h4-6H,7H2,1-3H3. The average molecular weight is 234 g/mol. The number of carbonyl (C=O) groups excluding carboxylic acids is 1. The largest absolute Gasteiger partial charge is 0.350 e. The number of hydrogen-bond donors (Lipinski definition) is 0. The molecule has 17 heavy (non-hydrogen) atoms. The van der Waals surface area contributed by atoms with E-state index in [4.69, 9.17) is 0 Å². The minimum atomic E-state index is -0.479. The fourth-order valence-electron chi connectivity index (χ4n) is 1.36. The SMILES string of the molecule is CC(C)(C)C(=O)Cn1nc2cnccn2c1=O. The Morgan fingerprint density at radius 2 is 2.12 bits per heavy atom. The van der Waals surface area contributed by atoms with Gasteiger partial charge in [-0.05, 0) is 0 Å². The van der Waals surface area contributed by atoms with E-state index in [9.17, 15) is 9.59 Å². The van der Waals surface area contributed by atoms with Gasteiger partial charge in [0.1, 0.15) is 6.54 Å². The van der Waals surface area contributed by atoms with Gasteiger partial charge in [0.05, 0.1) is 6.20 Å². The van der Waals surface area contributed by atoms with Crippen molar-refractivity contribution < 1.29 is 4.79 Å². The number of aromatic nitrogens is 4. The normalized spacial score (nSPS) is 11.9. The highest BCUT2D eigenvalue weighted by Gasteiger charge is 2.22. The minimum Gasteiger partial charge on any atom is -0.297 e. The third kappa shape index (κ3) is 2.11. The van der Waals surface area contributed by atoms with Gasteiger partial charge < -0.3 is 0 Å². The number of rotatable bonds is 2. The van der Waals surface area contributed by atoms with Gasteiger partial charge in [-0.1, -0.05) is 20.8 Å². The number of ketones is 1. The van der Waals surface area contributed by atoms with E-state index < -0.39 is 5.41 Å². The van der Waals surface area contributed by atoms with E-state index >= 15 is 0 Å². The van der Waals surface area contributed by atoms with Gasteiger partial charge in [-0.3, -0.25) is 9.78 Å². The highest BCUT2D eigenvalue weighted by molar-refractivity contribution is 5.83. The molecule has 2 heterocycles. The molecule has 0 aromatic carbocycles. The lowest BCUT2D eigenvalue weighted by Crippen LogP contribution is -2.31. The Hall–Kier alpha value is -1.98. The summed E-state index contributed by atoms with van der Waals surface area (Å²) in [6, 6.07) is 0. The van der Waals surface area contributed by atoms with Gasteiger partial charge in [0.15, 0.2) is 11.4 Å².